The predicted octanol–water partition coefficient (Wildman–Crippen LogP) is 12.0. The Morgan fingerprint density at radius 1 is 0.440 bits per heavy atom. The number of fused-ring (bicyclic) bond motifs is 3. The highest BCUT2D eigenvalue weighted by Crippen LogP contribution is 2.40. The molecule has 9 rings (SSSR count). The van der Waals surface area contributed by atoms with Crippen LogP contribution in [0.2, 0.25) is 0 Å². The van der Waals surface area contributed by atoms with Crippen molar-refractivity contribution in [2.24, 2.45) is 0 Å². The maximum absolute atomic E-state index is 5.00. The fourth-order valence-corrected chi connectivity index (χ4v) is 6.84. The number of rotatable bonds is 7. The number of nitrogens with zero attached hydrogens (tertiary/aromatic N) is 3. The van der Waals surface area contributed by atoms with E-state index in [4.69, 9.17) is 4.98 Å². The van der Waals surface area contributed by atoms with Crippen molar-refractivity contribution in [3.8, 4) is 50.6 Å². The van der Waals surface area contributed by atoms with Gasteiger partial charge in [0.1, 0.15) is 0 Å². The molecule has 50 heavy (non-hydrogen) atoms. The maximum Gasteiger partial charge on any atom is 0.159 e. The topological polar surface area (TPSA) is 42.7 Å². The van der Waals surface area contributed by atoms with Crippen molar-refractivity contribution < 1.29 is 0 Å². The summed E-state index contributed by atoms with van der Waals surface area (Å²) >= 11 is 0. The molecule has 0 saturated heterocycles. The van der Waals surface area contributed by atoms with Crippen LogP contribution in [0.5, 0.6) is 0 Å². The molecule has 0 radical (unpaired) electrons. The molecule has 0 aliphatic carbocycles. The first-order valence-electron chi connectivity index (χ1n) is 16.8. The van der Waals surface area contributed by atoms with Crippen LogP contribution < -0.4 is 5.32 Å². The normalized spacial score (nSPS) is 11.2. The van der Waals surface area contributed by atoms with Crippen LogP contribution in [0.4, 0.5) is 11.4 Å². The van der Waals surface area contributed by atoms with Crippen molar-refractivity contribution >= 4 is 33.2 Å². The van der Waals surface area contributed by atoms with Crippen molar-refractivity contribution in [1.29, 1.82) is 0 Å². The highest BCUT2D eigenvalue weighted by molar-refractivity contribution is 6.12. The SMILES string of the molecule is c1ccc(-c2ccc(-c3ccnc(-c4cccc(Nc5cc6c(cc5-c5ccccc5)c5ccccc5n6-c5ccccc5)c4)n3)cc2)cc1. The molecule has 0 amide bonds. The van der Waals surface area contributed by atoms with Gasteiger partial charge in [0.25, 0.3) is 0 Å². The lowest BCUT2D eigenvalue weighted by Crippen LogP contribution is -1.98. The second-order valence-corrected chi connectivity index (χ2v) is 12.4. The van der Waals surface area contributed by atoms with Gasteiger partial charge in [0.05, 0.1) is 16.7 Å². The van der Waals surface area contributed by atoms with Gasteiger partial charge in [-0.1, -0.05) is 133 Å². The average Bonchev–Trinajstić information content (AvgIpc) is 3.52. The monoisotopic (exact) mass is 640 g/mol. The molecule has 1 N–H and O–H groups in total. The van der Waals surface area contributed by atoms with E-state index in [-0.39, 0.29) is 0 Å². The van der Waals surface area contributed by atoms with Crippen molar-refractivity contribution in [2.75, 3.05) is 5.32 Å². The summed E-state index contributed by atoms with van der Waals surface area (Å²) in [5.74, 6) is 0.682. The zero-order valence-electron chi connectivity index (χ0n) is 27.2. The van der Waals surface area contributed by atoms with Crippen molar-refractivity contribution in [3.63, 3.8) is 0 Å². The Kier molecular flexibility index (Phi) is 7.45. The van der Waals surface area contributed by atoms with E-state index in [1.165, 1.54) is 27.4 Å². The third-order valence-corrected chi connectivity index (χ3v) is 9.25. The molecule has 236 valence electrons. The van der Waals surface area contributed by atoms with E-state index in [1.807, 2.05) is 18.3 Å². The molecule has 9 aromatic rings. The zero-order valence-corrected chi connectivity index (χ0v) is 27.2. The van der Waals surface area contributed by atoms with Gasteiger partial charge in [-0.05, 0) is 65.2 Å². The van der Waals surface area contributed by atoms with E-state index in [2.05, 4.69) is 185 Å². The largest absolute Gasteiger partial charge is 0.355 e. The van der Waals surface area contributed by atoms with Gasteiger partial charge >= 0.3 is 0 Å². The zero-order chi connectivity index (χ0) is 33.3. The van der Waals surface area contributed by atoms with Crippen LogP contribution in [0.3, 0.4) is 0 Å². The van der Waals surface area contributed by atoms with E-state index >= 15 is 0 Å². The Hall–Kier alpha value is -6.78. The molecule has 0 saturated carbocycles. The highest BCUT2D eigenvalue weighted by Gasteiger charge is 2.17. The molecule has 0 aliphatic heterocycles. The van der Waals surface area contributed by atoms with Crippen LogP contribution >= 0.6 is 0 Å². The van der Waals surface area contributed by atoms with Gasteiger partial charge in [-0.15, -0.1) is 0 Å². The van der Waals surface area contributed by atoms with Gasteiger partial charge in [0, 0.05) is 50.7 Å². The molecular formula is C46H32N4. The van der Waals surface area contributed by atoms with Gasteiger partial charge in [0.15, 0.2) is 5.82 Å². The van der Waals surface area contributed by atoms with Gasteiger partial charge in [0.2, 0.25) is 0 Å². The predicted molar refractivity (Wildman–Crippen MR) is 208 cm³/mol. The summed E-state index contributed by atoms with van der Waals surface area (Å²) in [4.78, 5) is 9.68. The summed E-state index contributed by atoms with van der Waals surface area (Å²) in [6, 6.07) is 63.7. The standard InChI is InChI=1S/C46H32N4/c1-4-13-32(14-5-1)33-23-25-35(26-24-33)42-27-28-47-46(49-42)36-17-12-18-37(29-36)48-43-31-45-41(30-40(43)34-15-6-2-7-16-34)39-21-10-11-22-44(39)50(45)38-19-8-3-9-20-38/h1-31,48H. The number of aromatic nitrogens is 3. The average molecular weight is 641 g/mol. The van der Waals surface area contributed by atoms with E-state index in [0.29, 0.717) is 5.82 Å². The molecule has 0 aliphatic rings. The Bertz CT molecular complexity index is 2590. The molecule has 2 aromatic heterocycles. The van der Waals surface area contributed by atoms with Gasteiger partial charge < -0.3 is 9.88 Å². The molecule has 2 heterocycles. The lowest BCUT2D eigenvalue weighted by Gasteiger charge is -2.15. The molecular weight excluding hydrogens is 609 g/mol. The fraction of sp³-hybridized carbons (Fsp3) is 0. The smallest absolute Gasteiger partial charge is 0.159 e. The minimum absolute atomic E-state index is 0.682. The molecule has 0 unspecified atom stereocenters. The summed E-state index contributed by atoms with van der Waals surface area (Å²) in [6.07, 6.45) is 1.84. The number of hydrogen-bond acceptors (Lipinski definition) is 3. The first-order chi connectivity index (χ1) is 24.8. The third kappa shape index (κ3) is 5.49. The Morgan fingerprint density at radius 3 is 1.86 bits per heavy atom. The first-order valence-corrected chi connectivity index (χ1v) is 16.8. The molecule has 7 aromatic carbocycles. The van der Waals surface area contributed by atoms with Crippen LogP contribution in [0.1, 0.15) is 0 Å². The van der Waals surface area contributed by atoms with Crippen LogP contribution in [0.25, 0.3) is 72.4 Å². The van der Waals surface area contributed by atoms with E-state index in [1.54, 1.807) is 0 Å². The maximum atomic E-state index is 5.00. The third-order valence-electron chi connectivity index (χ3n) is 9.25. The molecule has 0 spiro atoms. The minimum Gasteiger partial charge on any atom is -0.355 e. The Balaban J connectivity index is 1.11. The number of anilines is 2. The summed E-state index contributed by atoms with van der Waals surface area (Å²) in [7, 11) is 0. The quantitative estimate of drug-likeness (QED) is 0.188. The van der Waals surface area contributed by atoms with Crippen LogP contribution in [-0.2, 0) is 0 Å². The number of benzene rings is 7. The molecule has 4 heteroatoms. The molecule has 0 fully saturated rings. The number of nitrogens with one attached hydrogen (secondary N) is 1. The van der Waals surface area contributed by atoms with Crippen molar-refractivity contribution in [1.82, 2.24) is 14.5 Å². The lowest BCUT2D eigenvalue weighted by atomic mass is 10.00. The summed E-state index contributed by atoms with van der Waals surface area (Å²) in [5.41, 5.74) is 13.0. The lowest BCUT2D eigenvalue weighted by molar-refractivity contribution is 1.18. The van der Waals surface area contributed by atoms with Crippen LogP contribution in [-0.4, -0.2) is 14.5 Å². The molecule has 0 atom stereocenters. The second kappa shape index (κ2) is 12.7. The first kappa shape index (κ1) is 29.4. The van der Waals surface area contributed by atoms with Crippen LogP contribution in [0.15, 0.2) is 188 Å². The fourth-order valence-electron chi connectivity index (χ4n) is 6.84. The summed E-state index contributed by atoms with van der Waals surface area (Å²) in [5, 5.41) is 6.23. The van der Waals surface area contributed by atoms with E-state index < -0.39 is 0 Å². The number of hydrogen-bond donors (Lipinski definition) is 1. The summed E-state index contributed by atoms with van der Waals surface area (Å²) < 4.78 is 2.35. The van der Waals surface area contributed by atoms with Gasteiger partial charge in [-0.25, -0.2) is 9.97 Å². The highest BCUT2D eigenvalue weighted by atomic mass is 15.0. The Labute approximate surface area is 291 Å². The van der Waals surface area contributed by atoms with Crippen molar-refractivity contribution in [3.05, 3.63) is 188 Å². The minimum atomic E-state index is 0.682. The van der Waals surface area contributed by atoms with E-state index in [9.17, 15) is 0 Å². The molecule has 4 nitrogen and oxygen atoms in total. The summed E-state index contributed by atoms with van der Waals surface area (Å²) in [6.45, 7) is 0. The number of para-hydroxylation sites is 2. The second-order valence-electron chi connectivity index (χ2n) is 12.4. The van der Waals surface area contributed by atoms with Crippen LogP contribution in [0, 0.1) is 0 Å². The Morgan fingerprint density at radius 2 is 1.08 bits per heavy atom. The van der Waals surface area contributed by atoms with Crippen molar-refractivity contribution in [2.45, 2.75) is 0 Å². The van der Waals surface area contributed by atoms with E-state index in [0.717, 1.165) is 50.5 Å². The van der Waals surface area contributed by atoms with Gasteiger partial charge in [-0.3, -0.25) is 0 Å². The molecule has 0 bridgehead atoms. The van der Waals surface area contributed by atoms with Gasteiger partial charge in [-0.2, -0.15) is 0 Å².